The molecule has 1 amide bonds. The molecule has 1 atom stereocenters. The van der Waals surface area contributed by atoms with E-state index in [4.69, 9.17) is 16.3 Å². The van der Waals surface area contributed by atoms with Crippen LogP contribution in [0.3, 0.4) is 0 Å². The monoisotopic (exact) mass is 387 g/mol. The number of fused-ring (bicyclic) bond motifs is 1. The highest BCUT2D eigenvalue weighted by Gasteiger charge is 2.17. The molecule has 0 bridgehead atoms. The van der Waals surface area contributed by atoms with Gasteiger partial charge in [0, 0.05) is 30.3 Å². The third kappa shape index (κ3) is 3.88. The van der Waals surface area contributed by atoms with Crippen LogP contribution in [0.4, 0.5) is 5.69 Å². The maximum atomic E-state index is 12.2. The zero-order valence-corrected chi connectivity index (χ0v) is 15.6. The normalized spacial score (nSPS) is 17.3. The zero-order valence-electron chi connectivity index (χ0n) is 14.0. The van der Waals surface area contributed by atoms with E-state index in [1.165, 1.54) is 0 Å². The van der Waals surface area contributed by atoms with Crippen LogP contribution < -0.4 is 10.6 Å². The van der Waals surface area contributed by atoms with Gasteiger partial charge in [-0.25, -0.2) is 4.98 Å². The molecule has 1 aromatic heterocycles. The maximum absolute atomic E-state index is 12.2. The van der Waals surface area contributed by atoms with Gasteiger partial charge in [-0.2, -0.15) is 0 Å². The van der Waals surface area contributed by atoms with Gasteiger partial charge in [0.1, 0.15) is 5.01 Å². The molecule has 1 fully saturated rings. The van der Waals surface area contributed by atoms with Crippen molar-refractivity contribution in [1.29, 1.82) is 0 Å². The van der Waals surface area contributed by atoms with Gasteiger partial charge in [0.25, 0.3) is 0 Å². The van der Waals surface area contributed by atoms with Crippen molar-refractivity contribution < 1.29 is 9.53 Å². The van der Waals surface area contributed by atoms with Crippen molar-refractivity contribution in [2.45, 2.75) is 12.5 Å². The van der Waals surface area contributed by atoms with Gasteiger partial charge in [0.05, 0.1) is 28.5 Å². The highest BCUT2D eigenvalue weighted by Crippen LogP contribution is 2.34. The number of ether oxygens (including phenoxy) is 1. The van der Waals surface area contributed by atoms with Crippen molar-refractivity contribution in [3.05, 3.63) is 47.5 Å². The van der Waals surface area contributed by atoms with Crippen molar-refractivity contribution >= 4 is 44.7 Å². The molecule has 4 rings (SSSR count). The lowest BCUT2D eigenvalue weighted by Gasteiger charge is -2.23. The first-order valence-corrected chi connectivity index (χ1v) is 9.65. The van der Waals surface area contributed by atoms with Crippen LogP contribution >= 0.6 is 22.9 Å². The Morgan fingerprint density at radius 1 is 1.31 bits per heavy atom. The molecular weight excluding hydrogens is 370 g/mol. The molecule has 1 aliphatic rings. The van der Waals surface area contributed by atoms with Gasteiger partial charge in [-0.3, -0.25) is 4.79 Å². The molecule has 0 saturated carbocycles. The summed E-state index contributed by atoms with van der Waals surface area (Å²) in [6.45, 7) is 2.07. The SMILES string of the molecule is O=C(CC1COCCN1)Nc1ccc(-c2nc3cccc(Cl)c3s2)cc1. The topological polar surface area (TPSA) is 63.2 Å². The smallest absolute Gasteiger partial charge is 0.226 e. The van der Waals surface area contributed by atoms with Crippen molar-refractivity contribution in [2.24, 2.45) is 0 Å². The van der Waals surface area contributed by atoms with E-state index in [2.05, 4.69) is 15.6 Å². The van der Waals surface area contributed by atoms with Gasteiger partial charge in [-0.1, -0.05) is 17.7 Å². The summed E-state index contributed by atoms with van der Waals surface area (Å²) < 4.78 is 6.36. The van der Waals surface area contributed by atoms with Crippen molar-refractivity contribution in [1.82, 2.24) is 10.3 Å². The van der Waals surface area contributed by atoms with E-state index in [1.807, 2.05) is 42.5 Å². The minimum atomic E-state index is -0.0208. The molecule has 2 aromatic carbocycles. The van der Waals surface area contributed by atoms with E-state index in [1.54, 1.807) is 11.3 Å². The number of hydrogen-bond acceptors (Lipinski definition) is 5. The lowest BCUT2D eigenvalue weighted by Crippen LogP contribution is -2.43. The van der Waals surface area contributed by atoms with Crippen LogP contribution in [0, 0.1) is 0 Å². The number of aromatic nitrogens is 1. The molecule has 3 aromatic rings. The first-order chi connectivity index (χ1) is 12.7. The summed E-state index contributed by atoms with van der Waals surface area (Å²) in [5.41, 5.74) is 2.68. The number of rotatable bonds is 4. The van der Waals surface area contributed by atoms with Crippen molar-refractivity contribution in [2.75, 3.05) is 25.1 Å². The van der Waals surface area contributed by atoms with E-state index in [-0.39, 0.29) is 11.9 Å². The first kappa shape index (κ1) is 17.4. The first-order valence-electron chi connectivity index (χ1n) is 8.45. The fourth-order valence-corrected chi connectivity index (χ4v) is 4.18. The number of halogens is 1. The van der Waals surface area contributed by atoms with Crippen molar-refractivity contribution in [3.63, 3.8) is 0 Å². The maximum Gasteiger partial charge on any atom is 0.226 e. The van der Waals surface area contributed by atoms with Crippen LogP contribution in [0.25, 0.3) is 20.8 Å². The molecule has 134 valence electrons. The molecule has 2 heterocycles. The number of morpholine rings is 1. The average Bonchev–Trinajstić information content (AvgIpc) is 3.09. The Morgan fingerprint density at radius 3 is 2.88 bits per heavy atom. The van der Waals surface area contributed by atoms with Gasteiger partial charge in [-0.15, -0.1) is 11.3 Å². The molecule has 5 nitrogen and oxygen atoms in total. The molecule has 1 saturated heterocycles. The molecule has 2 N–H and O–H groups in total. The third-order valence-corrected chi connectivity index (χ3v) is 5.79. The summed E-state index contributed by atoms with van der Waals surface area (Å²) in [7, 11) is 0. The predicted molar refractivity (Wildman–Crippen MR) is 106 cm³/mol. The summed E-state index contributed by atoms with van der Waals surface area (Å²) in [4.78, 5) is 16.8. The molecule has 26 heavy (non-hydrogen) atoms. The lowest BCUT2D eigenvalue weighted by molar-refractivity contribution is -0.117. The molecule has 1 unspecified atom stereocenters. The number of amides is 1. The predicted octanol–water partition coefficient (Wildman–Crippen LogP) is 3.93. The number of nitrogens with one attached hydrogen (secondary N) is 2. The average molecular weight is 388 g/mol. The highest BCUT2D eigenvalue weighted by molar-refractivity contribution is 7.22. The highest BCUT2D eigenvalue weighted by atomic mass is 35.5. The fraction of sp³-hybridized carbons (Fsp3) is 0.263. The van der Waals surface area contributed by atoms with E-state index in [9.17, 15) is 4.79 Å². The van der Waals surface area contributed by atoms with E-state index in [0.29, 0.717) is 19.6 Å². The Labute approximate surface area is 160 Å². The Hall–Kier alpha value is -1.99. The van der Waals surface area contributed by atoms with Gasteiger partial charge < -0.3 is 15.4 Å². The number of hydrogen-bond donors (Lipinski definition) is 2. The van der Waals surface area contributed by atoms with Gasteiger partial charge in [0.15, 0.2) is 0 Å². The minimum absolute atomic E-state index is 0.0208. The number of nitrogens with zero attached hydrogens (tertiary/aromatic N) is 1. The second-order valence-corrected chi connectivity index (χ2v) is 7.57. The van der Waals surface area contributed by atoms with Crippen LogP contribution in [0.1, 0.15) is 6.42 Å². The van der Waals surface area contributed by atoms with Gasteiger partial charge in [0.2, 0.25) is 5.91 Å². The summed E-state index contributed by atoms with van der Waals surface area (Å²) in [6, 6.07) is 13.5. The summed E-state index contributed by atoms with van der Waals surface area (Å²) >= 11 is 7.80. The summed E-state index contributed by atoms with van der Waals surface area (Å²) in [5, 5.41) is 7.84. The Kier molecular flexibility index (Phi) is 5.17. The second kappa shape index (κ2) is 7.72. The van der Waals surface area contributed by atoms with Crippen LogP contribution in [0.2, 0.25) is 5.02 Å². The summed E-state index contributed by atoms with van der Waals surface area (Å²) in [6.07, 6.45) is 0.401. The van der Waals surface area contributed by atoms with E-state index < -0.39 is 0 Å². The van der Waals surface area contributed by atoms with E-state index >= 15 is 0 Å². The Bertz CT molecular complexity index is 920. The van der Waals surface area contributed by atoms with Crippen LogP contribution in [0.5, 0.6) is 0 Å². The van der Waals surface area contributed by atoms with E-state index in [0.717, 1.165) is 38.0 Å². The number of thiazole rings is 1. The zero-order chi connectivity index (χ0) is 17.9. The number of carbonyl (C=O) groups excluding carboxylic acids is 1. The van der Waals surface area contributed by atoms with Gasteiger partial charge in [-0.05, 0) is 36.4 Å². The second-order valence-electron chi connectivity index (χ2n) is 6.16. The molecular formula is C19H18ClN3O2S. The number of anilines is 1. The minimum Gasteiger partial charge on any atom is -0.378 e. The Balaban J connectivity index is 1.44. The lowest BCUT2D eigenvalue weighted by atomic mass is 10.1. The molecule has 7 heteroatoms. The number of benzene rings is 2. The van der Waals surface area contributed by atoms with Gasteiger partial charge >= 0.3 is 0 Å². The standard InChI is InChI=1S/C19H18ClN3O2S/c20-15-2-1-3-16-18(15)26-19(23-16)12-4-6-13(7-5-12)22-17(24)10-14-11-25-9-8-21-14/h1-7,14,21H,8-11H2,(H,22,24). The molecule has 0 spiro atoms. The third-order valence-electron chi connectivity index (χ3n) is 4.21. The quantitative estimate of drug-likeness (QED) is 0.711. The van der Waals surface area contributed by atoms with Crippen LogP contribution in [0.15, 0.2) is 42.5 Å². The molecule has 0 radical (unpaired) electrons. The summed E-state index contributed by atoms with van der Waals surface area (Å²) in [5.74, 6) is -0.0208. The fourth-order valence-electron chi connectivity index (χ4n) is 2.92. The van der Waals surface area contributed by atoms with Crippen LogP contribution in [-0.2, 0) is 9.53 Å². The van der Waals surface area contributed by atoms with Crippen molar-refractivity contribution in [3.8, 4) is 10.6 Å². The largest absolute Gasteiger partial charge is 0.378 e. The van der Waals surface area contributed by atoms with Crippen LogP contribution in [-0.4, -0.2) is 36.7 Å². The number of carbonyl (C=O) groups is 1. The molecule has 0 aliphatic carbocycles. The molecule has 1 aliphatic heterocycles. The Morgan fingerprint density at radius 2 is 2.15 bits per heavy atom.